The van der Waals surface area contributed by atoms with Crippen LogP contribution >= 0.6 is 27.5 Å². The van der Waals surface area contributed by atoms with E-state index in [9.17, 15) is 4.79 Å². The summed E-state index contributed by atoms with van der Waals surface area (Å²) in [6.07, 6.45) is 0.862. The predicted molar refractivity (Wildman–Crippen MR) is 76.6 cm³/mol. The van der Waals surface area contributed by atoms with Crippen LogP contribution in [-0.4, -0.2) is 12.5 Å². The molecule has 1 unspecified atom stereocenters. The Labute approximate surface area is 124 Å². The molecule has 98 valence electrons. The van der Waals surface area contributed by atoms with E-state index in [0.29, 0.717) is 22.5 Å². The first-order valence-corrected chi connectivity index (χ1v) is 7.18. The van der Waals surface area contributed by atoms with Crippen molar-refractivity contribution in [2.24, 2.45) is 0 Å². The molecule has 0 bridgehead atoms. The summed E-state index contributed by atoms with van der Waals surface area (Å²) in [5.74, 6) is 0.623. The molecule has 0 saturated heterocycles. The van der Waals surface area contributed by atoms with E-state index >= 15 is 0 Å². The van der Waals surface area contributed by atoms with Gasteiger partial charge in [-0.2, -0.15) is 0 Å². The van der Waals surface area contributed by atoms with Crippen LogP contribution in [0.5, 0.6) is 0 Å². The number of benzene rings is 1. The van der Waals surface area contributed by atoms with Gasteiger partial charge in [-0.3, -0.25) is 4.79 Å². The summed E-state index contributed by atoms with van der Waals surface area (Å²) in [4.78, 5) is 11.8. The van der Waals surface area contributed by atoms with E-state index in [1.807, 2.05) is 24.3 Å². The standard InChI is InChI=1S/C14H11BrClNO2/c15-12-4-3-11(19-12)13(16)9-2-1-8-5-6-17-14(18)10(8)7-9/h1-4,7,13H,5-6H2,(H,17,18). The van der Waals surface area contributed by atoms with Gasteiger partial charge >= 0.3 is 0 Å². The highest BCUT2D eigenvalue weighted by Gasteiger charge is 2.20. The second-order valence-corrected chi connectivity index (χ2v) is 5.64. The monoisotopic (exact) mass is 339 g/mol. The Kier molecular flexibility index (Phi) is 3.37. The van der Waals surface area contributed by atoms with E-state index in [1.54, 1.807) is 6.07 Å². The van der Waals surface area contributed by atoms with Crippen LogP contribution in [0.3, 0.4) is 0 Å². The number of fused-ring (bicyclic) bond motifs is 1. The van der Waals surface area contributed by atoms with E-state index < -0.39 is 5.38 Å². The molecular formula is C14H11BrClNO2. The van der Waals surface area contributed by atoms with Gasteiger partial charge in [0.25, 0.3) is 5.91 Å². The summed E-state index contributed by atoms with van der Waals surface area (Å²) in [6.45, 7) is 0.695. The summed E-state index contributed by atoms with van der Waals surface area (Å²) >= 11 is 9.64. The first-order valence-electron chi connectivity index (χ1n) is 5.95. The minimum atomic E-state index is -0.397. The summed E-state index contributed by atoms with van der Waals surface area (Å²) in [7, 11) is 0. The maximum atomic E-state index is 11.8. The first-order chi connectivity index (χ1) is 9.15. The maximum Gasteiger partial charge on any atom is 0.251 e. The number of hydrogen-bond donors (Lipinski definition) is 1. The molecule has 0 saturated carbocycles. The Bertz CT molecular complexity index is 638. The molecule has 19 heavy (non-hydrogen) atoms. The minimum absolute atomic E-state index is 0.0346. The van der Waals surface area contributed by atoms with Gasteiger partial charge in [-0.15, -0.1) is 11.6 Å². The highest BCUT2D eigenvalue weighted by molar-refractivity contribution is 9.10. The first kappa shape index (κ1) is 12.8. The van der Waals surface area contributed by atoms with Crippen molar-refractivity contribution in [1.82, 2.24) is 5.32 Å². The van der Waals surface area contributed by atoms with Crippen molar-refractivity contribution in [1.29, 1.82) is 0 Å². The molecule has 3 nitrogen and oxygen atoms in total. The van der Waals surface area contributed by atoms with E-state index in [0.717, 1.165) is 17.5 Å². The molecule has 1 aliphatic rings. The highest BCUT2D eigenvalue weighted by atomic mass is 79.9. The van der Waals surface area contributed by atoms with Crippen LogP contribution in [0.2, 0.25) is 0 Å². The third-order valence-corrected chi connectivity index (χ3v) is 4.09. The van der Waals surface area contributed by atoms with Crippen molar-refractivity contribution in [2.45, 2.75) is 11.8 Å². The molecule has 0 spiro atoms. The van der Waals surface area contributed by atoms with Crippen molar-refractivity contribution in [3.8, 4) is 0 Å². The molecule has 1 aromatic carbocycles. The number of carbonyl (C=O) groups is 1. The predicted octanol–water partition coefficient (Wildman–Crippen LogP) is 3.66. The van der Waals surface area contributed by atoms with Crippen molar-refractivity contribution in [3.05, 3.63) is 57.5 Å². The molecule has 1 atom stereocenters. The zero-order valence-corrected chi connectivity index (χ0v) is 12.3. The zero-order chi connectivity index (χ0) is 13.4. The van der Waals surface area contributed by atoms with Crippen molar-refractivity contribution in [3.63, 3.8) is 0 Å². The summed E-state index contributed by atoms with van der Waals surface area (Å²) in [5.41, 5.74) is 2.64. The molecule has 3 rings (SSSR count). The topological polar surface area (TPSA) is 42.2 Å². The fraction of sp³-hybridized carbons (Fsp3) is 0.214. The SMILES string of the molecule is O=C1NCCc2ccc(C(Cl)c3ccc(Br)o3)cc21. The van der Waals surface area contributed by atoms with Gasteiger partial charge in [0.05, 0.1) is 0 Å². The average Bonchev–Trinajstić information content (AvgIpc) is 2.85. The number of hydrogen-bond acceptors (Lipinski definition) is 2. The number of nitrogens with one attached hydrogen (secondary N) is 1. The van der Waals surface area contributed by atoms with Crippen LogP contribution in [0.25, 0.3) is 0 Å². The Morgan fingerprint density at radius 3 is 2.89 bits per heavy atom. The molecular weight excluding hydrogens is 330 g/mol. The van der Waals surface area contributed by atoms with Crippen LogP contribution in [0.15, 0.2) is 39.4 Å². The van der Waals surface area contributed by atoms with Crippen LogP contribution in [0, 0.1) is 0 Å². The number of rotatable bonds is 2. The van der Waals surface area contributed by atoms with Crippen LogP contribution in [-0.2, 0) is 6.42 Å². The Morgan fingerprint density at radius 2 is 2.16 bits per heavy atom. The largest absolute Gasteiger partial charge is 0.452 e. The highest BCUT2D eigenvalue weighted by Crippen LogP contribution is 2.32. The lowest BCUT2D eigenvalue weighted by molar-refractivity contribution is 0.0946. The quantitative estimate of drug-likeness (QED) is 0.848. The van der Waals surface area contributed by atoms with E-state index in [1.165, 1.54) is 0 Å². The maximum absolute atomic E-state index is 11.8. The van der Waals surface area contributed by atoms with E-state index in [-0.39, 0.29) is 5.91 Å². The third-order valence-electron chi connectivity index (χ3n) is 3.19. The molecule has 0 fully saturated rings. The van der Waals surface area contributed by atoms with Gasteiger partial charge in [0.2, 0.25) is 0 Å². The number of carbonyl (C=O) groups excluding carboxylic acids is 1. The Balaban J connectivity index is 1.97. The van der Waals surface area contributed by atoms with E-state index in [4.69, 9.17) is 16.0 Å². The lowest BCUT2D eigenvalue weighted by Gasteiger charge is -2.18. The van der Waals surface area contributed by atoms with Gasteiger partial charge in [0.1, 0.15) is 11.1 Å². The molecule has 1 aliphatic heterocycles. The Hall–Kier alpha value is -1.26. The molecule has 2 heterocycles. The zero-order valence-electron chi connectivity index (χ0n) is 9.95. The fourth-order valence-electron chi connectivity index (χ4n) is 2.22. The summed E-state index contributed by atoms with van der Waals surface area (Å²) in [5, 5.41) is 2.44. The number of alkyl halides is 1. The molecule has 0 radical (unpaired) electrons. The molecule has 1 aromatic heterocycles. The van der Waals surface area contributed by atoms with Crippen molar-refractivity contribution >= 4 is 33.4 Å². The molecule has 1 amide bonds. The van der Waals surface area contributed by atoms with Crippen LogP contribution in [0.4, 0.5) is 0 Å². The van der Waals surface area contributed by atoms with Gasteiger partial charge in [-0.25, -0.2) is 0 Å². The Morgan fingerprint density at radius 1 is 1.32 bits per heavy atom. The number of amides is 1. The smallest absolute Gasteiger partial charge is 0.251 e. The molecule has 2 aromatic rings. The number of furan rings is 1. The van der Waals surface area contributed by atoms with Crippen molar-refractivity contribution < 1.29 is 9.21 Å². The summed E-state index contributed by atoms with van der Waals surface area (Å²) in [6, 6.07) is 9.39. The van der Waals surface area contributed by atoms with Gasteiger partial charge in [0.15, 0.2) is 4.67 Å². The van der Waals surface area contributed by atoms with Gasteiger partial charge in [-0.1, -0.05) is 12.1 Å². The van der Waals surface area contributed by atoms with Crippen LogP contribution in [0.1, 0.15) is 32.6 Å². The second kappa shape index (κ2) is 5.02. The molecule has 1 N–H and O–H groups in total. The molecule has 5 heteroatoms. The normalized spacial score (nSPS) is 15.8. The van der Waals surface area contributed by atoms with E-state index in [2.05, 4.69) is 21.2 Å². The lowest BCUT2D eigenvalue weighted by Crippen LogP contribution is -2.31. The second-order valence-electron chi connectivity index (χ2n) is 4.43. The van der Waals surface area contributed by atoms with Crippen LogP contribution < -0.4 is 5.32 Å². The summed E-state index contributed by atoms with van der Waals surface area (Å²) < 4.78 is 6.10. The molecule has 0 aliphatic carbocycles. The van der Waals surface area contributed by atoms with Gasteiger partial charge < -0.3 is 9.73 Å². The van der Waals surface area contributed by atoms with Crippen molar-refractivity contribution in [2.75, 3.05) is 6.54 Å². The minimum Gasteiger partial charge on any atom is -0.452 e. The van der Waals surface area contributed by atoms with Gasteiger partial charge in [0, 0.05) is 12.1 Å². The average molecular weight is 341 g/mol. The van der Waals surface area contributed by atoms with Gasteiger partial charge in [-0.05, 0) is 51.7 Å². The number of halogens is 2. The third kappa shape index (κ3) is 2.42. The fourth-order valence-corrected chi connectivity index (χ4v) is 2.79. The lowest BCUT2D eigenvalue weighted by atomic mass is 9.96.